The number of amides is 1. The highest BCUT2D eigenvalue weighted by Crippen LogP contribution is 2.19. The fourth-order valence-electron chi connectivity index (χ4n) is 1.69. The molecule has 0 radical (unpaired) electrons. The minimum atomic E-state index is 0.0147. The predicted molar refractivity (Wildman–Crippen MR) is 82.6 cm³/mol. The Balaban J connectivity index is 2.89. The van der Waals surface area contributed by atoms with Gasteiger partial charge in [0.2, 0.25) is 0 Å². The molecule has 0 atom stereocenters. The maximum atomic E-state index is 12.4. The van der Waals surface area contributed by atoms with Gasteiger partial charge in [-0.05, 0) is 34.8 Å². The van der Waals surface area contributed by atoms with Gasteiger partial charge in [-0.15, -0.1) is 0 Å². The van der Waals surface area contributed by atoms with Crippen molar-refractivity contribution in [3.05, 3.63) is 22.3 Å². The van der Waals surface area contributed by atoms with Crippen LogP contribution in [-0.4, -0.2) is 35.9 Å². The molecule has 19 heavy (non-hydrogen) atoms. The lowest BCUT2D eigenvalue weighted by Gasteiger charge is -2.19. The standard InChI is InChI=1S/C14H22BrN3O/c1-4-6-8-18(3)14(19)12-9-11(15)10-17-13(12)16-7-5-2/h9-10H,4-8H2,1-3H3,(H,16,17). The van der Waals surface area contributed by atoms with Gasteiger partial charge in [0.05, 0.1) is 5.56 Å². The molecule has 1 aromatic heterocycles. The average molecular weight is 328 g/mol. The van der Waals surface area contributed by atoms with E-state index in [1.54, 1.807) is 11.1 Å². The minimum Gasteiger partial charge on any atom is -0.369 e. The highest BCUT2D eigenvalue weighted by molar-refractivity contribution is 9.10. The molecule has 0 spiro atoms. The molecule has 0 saturated carbocycles. The maximum absolute atomic E-state index is 12.4. The SMILES string of the molecule is CCCCN(C)C(=O)c1cc(Br)cnc1NCCC. The summed E-state index contributed by atoms with van der Waals surface area (Å²) in [6.07, 6.45) is 4.80. The molecule has 1 N–H and O–H groups in total. The van der Waals surface area contributed by atoms with Crippen molar-refractivity contribution in [2.75, 3.05) is 25.5 Å². The Kier molecular flexibility index (Phi) is 6.84. The van der Waals surface area contributed by atoms with Gasteiger partial charge >= 0.3 is 0 Å². The third kappa shape index (κ3) is 4.82. The van der Waals surface area contributed by atoms with Gasteiger partial charge in [-0.3, -0.25) is 4.79 Å². The van der Waals surface area contributed by atoms with Crippen LogP contribution in [0, 0.1) is 0 Å². The molecule has 0 unspecified atom stereocenters. The first kappa shape index (κ1) is 16.0. The maximum Gasteiger partial charge on any atom is 0.257 e. The number of anilines is 1. The number of nitrogens with zero attached hydrogens (tertiary/aromatic N) is 2. The Labute approximate surface area is 123 Å². The van der Waals surface area contributed by atoms with Crippen LogP contribution in [0.15, 0.2) is 16.7 Å². The van der Waals surface area contributed by atoms with E-state index in [1.165, 1.54) is 0 Å². The van der Waals surface area contributed by atoms with Crippen LogP contribution in [0.2, 0.25) is 0 Å². The number of aromatic nitrogens is 1. The summed E-state index contributed by atoms with van der Waals surface area (Å²) >= 11 is 3.37. The zero-order valence-corrected chi connectivity index (χ0v) is 13.5. The van der Waals surface area contributed by atoms with E-state index in [1.807, 2.05) is 13.1 Å². The van der Waals surface area contributed by atoms with Gasteiger partial charge in [0.25, 0.3) is 5.91 Å². The highest BCUT2D eigenvalue weighted by Gasteiger charge is 2.16. The first-order chi connectivity index (χ1) is 9.10. The van der Waals surface area contributed by atoms with Crippen LogP contribution >= 0.6 is 15.9 Å². The second-order valence-electron chi connectivity index (χ2n) is 4.56. The third-order valence-electron chi connectivity index (χ3n) is 2.82. The van der Waals surface area contributed by atoms with Gasteiger partial charge < -0.3 is 10.2 Å². The summed E-state index contributed by atoms with van der Waals surface area (Å²) in [6, 6.07) is 1.83. The van der Waals surface area contributed by atoms with Gasteiger partial charge in [0.15, 0.2) is 0 Å². The molecule has 0 aromatic carbocycles. The van der Waals surface area contributed by atoms with Gasteiger partial charge in [0, 0.05) is 30.8 Å². The van der Waals surface area contributed by atoms with Gasteiger partial charge in [-0.2, -0.15) is 0 Å². The first-order valence-electron chi connectivity index (χ1n) is 6.75. The molecule has 0 fully saturated rings. The van der Waals surface area contributed by atoms with Crippen LogP contribution in [0.4, 0.5) is 5.82 Å². The Morgan fingerprint density at radius 3 is 2.79 bits per heavy atom. The van der Waals surface area contributed by atoms with Gasteiger partial charge in [-0.1, -0.05) is 20.3 Å². The number of rotatable bonds is 7. The molecule has 1 heterocycles. The molecule has 0 aliphatic carbocycles. The molecule has 1 aromatic rings. The lowest BCUT2D eigenvalue weighted by molar-refractivity contribution is 0.0794. The Morgan fingerprint density at radius 2 is 2.16 bits per heavy atom. The quantitative estimate of drug-likeness (QED) is 0.833. The van der Waals surface area contributed by atoms with E-state index in [-0.39, 0.29) is 5.91 Å². The van der Waals surface area contributed by atoms with Gasteiger partial charge in [-0.25, -0.2) is 4.98 Å². The molecule has 0 bridgehead atoms. The van der Waals surface area contributed by atoms with Crippen LogP contribution in [0.5, 0.6) is 0 Å². The van der Waals surface area contributed by atoms with Crippen molar-refractivity contribution in [2.45, 2.75) is 33.1 Å². The molecular weight excluding hydrogens is 306 g/mol. The number of pyridine rings is 1. The topological polar surface area (TPSA) is 45.2 Å². The van der Waals surface area contributed by atoms with E-state index in [2.05, 4.69) is 40.1 Å². The molecule has 0 aliphatic rings. The number of hydrogen-bond acceptors (Lipinski definition) is 3. The highest BCUT2D eigenvalue weighted by atomic mass is 79.9. The van der Waals surface area contributed by atoms with E-state index < -0.39 is 0 Å². The first-order valence-corrected chi connectivity index (χ1v) is 7.54. The largest absolute Gasteiger partial charge is 0.369 e. The second kappa shape index (κ2) is 8.15. The minimum absolute atomic E-state index is 0.0147. The molecule has 0 saturated heterocycles. The van der Waals surface area contributed by atoms with Crippen LogP contribution in [-0.2, 0) is 0 Å². The van der Waals surface area contributed by atoms with E-state index >= 15 is 0 Å². The monoisotopic (exact) mass is 327 g/mol. The number of carbonyl (C=O) groups is 1. The van der Waals surface area contributed by atoms with Crippen molar-refractivity contribution in [1.29, 1.82) is 0 Å². The summed E-state index contributed by atoms with van der Waals surface area (Å²) in [4.78, 5) is 18.5. The summed E-state index contributed by atoms with van der Waals surface area (Å²) in [6.45, 7) is 5.79. The summed E-state index contributed by atoms with van der Waals surface area (Å²) in [5.74, 6) is 0.680. The number of carbonyl (C=O) groups excluding carboxylic acids is 1. The predicted octanol–water partition coefficient (Wildman–Crippen LogP) is 3.54. The lowest BCUT2D eigenvalue weighted by atomic mass is 10.2. The van der Waals surface area contributed by atoms with E-state index in [0.717, 1.165) is 36.8 Å². The Morgan fingerprint density at radius 1 is 1.42 bits per heavy atom. The van der Waals surface area contributed by atoms with Crippen molar-refractivity contribution >= 4 is 27.7 Å². The molecule has 4 nitrogen and oxygen atoms in total. The number of halogens is 1. The van der Waals surface area contributed by atoms with E-state index in [0.29, 0.717) is 11.4 Å². The molecule has 0 aliphatic heterocycles. The summed E-state index contributed by atoms with van der Waals surface area (Å²) < 4.78 is 0.821. The summed E-state index contributed by atoms with van der Waals surface area (Å²) in [5.41, 5.74) is 0.626. The van der Waals surface area contributed by atoms with Crippen LogP contribution in [0.1, 0.15) is 43.5 Å². The third-order valence-corrected chi connectivity index (χ3v) is 3.25. The normalized spacial score (nSPS) is 10.3. The van der Waals surface area contributed by atoms with Gasteiger partial charge in [0.1, 0.15) is 5.82 Å². The van der Waals surface area contributed by atoms with Crippen molar-refractivity contribution in [3.63, 3.8) is 0 Å². The van der Waals surface area contributed by atoms with Crippen molar-refractivity contribution in [3.8, 4) is 0 Å². The lowest BCUT2D eigenvalue weighted by Crippen LogP contribution is -2.28. The summed E-state index contributed by atoms with van der Waals surface area (Å²) in [7, 11) is 1.84. The molecular formula is C14H22BrN3O. The number of unbranched alkanes of at least 4 members (excludes halogenated alkanes) is 1. The van der Waals surface area contributed by atoms with E-state index in [4.69, 9.17) is 0 Å². The Bertz CT molecular complexity index is 423. The zero-order valence-electron chi connectivity index (χ0n) is 11.9. The van der Waals surface area contributed by atoms with Crippen molar-refractivity contribution in [1.82, 2.24) is 9.88 Å². The number of nitrogens with one attached hydrogen (secondary N) is 1. The fraction of sp³-hybridized carbons (Fsp3) is 0.571. The van der Waals surface area contributed by atoms with Crippen LogP contribution < -0.4 is 5.32 Å². The average Bonchev–Trinajstić information content (AvgIpc) is 2.42. The van der Waals surface area contributed by atoms with Crippen molar-refractivity contribution in [2.24, 2.45) is 0 Å². The number of hydrogen-bond donors (Lipinski definition) is 1. The van der Waals surface area contributed by atoms with Crippen LogP contribution in [0.25, 0.3) is 0 Å². The fourth-order valence-corrected chi connectivity index (χ4v) is 2.02. The zero-order chi connectivity index (χ0) is 14.3. The summed E-state index contributed by atoms with van der Waals surface area (Å²) in [5, 5.41) is 3.20. The van der Waals surface area contributed by atoms with Crippen molar-refractivity contribution < 1.29 is 4.79 Å². The molecule has 1 rings (SSSR count). The second-order valence-corrected chi connectivity index (χ2v) is 5.47. The molecule has 5 heteroatoms. The molecule has 1 amide bonds. The van der Waals surface area contributed by atoms with Crippen LogP contribution in [0.3, 0.4) is 0 Å². The Hall–Kier alpha value is -1.10. The smallest absolute Gasteiger partial charge is 0.257 e. The molecule has 106 valence electrons. The van der Waals surface area contributed by atoms with E-state index in [9.17, 15) is 4.79 Å².